The van der Waals surface area contributed by atoms with Crippen molar-refractivity contribution >= 4 is 28.9 Å². The number of aromatic nitrogens is 1. The summed E-state index contributed by atoms with van der Waals surface area (Å²) in [4.78, 5) is 31.7. The second-order valence-corrected chi connectivity index (χ2v) is 12.4. The number of allylic oxidation sites excluding steroid dienone is 2. The largest absolute Gasteiger partial charge is 0.353 e. The molecule has 1 aliphatic carbocycles. The average Bonchev–Trinajstić information content (AvgIpc) is 3.29. The van der Waals surface area contributed by atoms with Crippen LogP contribution >= 0.6 is 0 Å². The molecule has 1 atom stereocenters. The third-order valence-corrected chi connectivity index (χ3v) is 9.08. The summed E-state index contributed by atoms with van der Waals surface area (Å²) in [5, 5.41) is 4.08. The van der Waals surface area contributed by atoms with Gasteiger partial charge in [-0.1, -0.05) is 42.5 Å². The van der Waals surface area contributed by atoms with E-state index < -0.39 is 0 Å². The predicted molar refractivity (Wildman–Crippen MR) is 171 cm³/mol. The zero-order chi connectivity index (χ0) is 29.6. The molecule has 1 aromatic heterocycles. The van der Waals surface area contributed by atoms with E-state index >= 15 is 0 Å². The minimum absolute atomic E-state index is 0.0288. The van der Waals surface area contributed by atoms with E-state index in [1.165, 1.54) is 0 Å². The Labute approximate surface area is 252 Å². The monoisotopic (exact) mass is 575 g/mol. The number of nitrogens with two attached hydrogens (primary N) is 1. The van der Waals surface area contributed by atoms with Crippen LogP contribution in [0.4, 0.5) is 0 Å². The van der Waals surface area contributed by atoms with Crippen molar-refractivity contribution in [1.29, 1.82) is 0 Å². The molecule has 2 aromatic carbocycles. The van der Waals surface area contributed by atoms with Crippen molar-refractivity contribution in [2.45, 2.75) is 38.8 Å². The molecule has 1 unspecified atom stereocenters. The Morgan fingerprint density at radius 1 is 1.02 bits per heavy atom. The molecule has 0 radical (unpaired) electrons. The number of pyridine rings is 1. The molecule has 1 amide bonds. The van der Waals surface area contributed by atoms with Gasteiger partial charge in [-0.15, -0.1) is 4.59 Å². The average molecular weight is 576 g/mol. The molecule has 1 saturated carbocycles. The number of fused-ring (bicyclic) bond motifs is 2. The smallest absolute Gasteiger partial charge is 0.264 e. The highest BCUT2D eigenvalue weighted by molar-refractivity contribution is 6.02. The fraction of sp³-hybridized carbons (Fsp3) is 0.353. The number of carbonyl (C=O) groups is 1. The van der Waals surface area contributed by atoms with E-state index in [0.29, 0.717) is 18.5 Å². The number of benzene rings is 2. The highest BCUT2D eigenvalue weighted by Crippen LogP contribution is 2.44. The van der Waals surface area contributed by atoms with Gasteiger partial charge in [0.2, 0.25) is 11.6 Å². The molecule has 7 rings (SSSR count). The fourth-order valence-electron chi connectivity index (χ4n) is 6.70. The number of rotatable bonds is 7. The summed E-state index contributed by atoms with van der Waals surface area (Å²) in [5.41, 5.74) is 5.93. The zero-order valence-electron chi connectivity index (χ0n) is 24.9. The Kier molecular flexibility index (Phi) is 7.26. The molecule has 43 heavy (non-hydrogen) atoms. The number of amidine groups is 1. The first kappa shape index (κ1) is 27.8. The zero-order valence-corrected chi connectivity index (χ0v) is 24.9. The highest BCUT2D eigenvalue weighted by atomic mass is 16.2. The van der Waals surface area contributed by atoms with Crippen molar-refractivity contribution in [2.75, 3.05) is 32.7 Å². The van der Waals surface area contributed by atoms with Crippen LogP contribution in [0.2, 0.25) is 0 Å². The van der Waals surface area contributed by atoms with Crippen LogP contribution in [0.25, 0.3) is 22.2 Å². The molecule has 9 nitrogen and oxygen atoms in total. The molecule has 1 saturated heterocycles. The van der Waals surface area contributed by atoms with E-state index in [1.807, 2.05) is 44.5 Å². The van der Waals surface area contributed by atoms with Gasteiger partial charge in [-0.3, -0.25) is 19.6 Å². The Balaban J connectivity index is 1.07. The van der Waals surface area contributed by atoms with Gasteiger partial charge < -0.3 is 5.32 Å². The number of aliphatic imine (C=N–C) groups is 2. The third kappa shape index (κ3) is 5.34. The molecule has 4 heterocycles. The van der Waals surface area contributed by atoms with Crippen LogP contribution in [0.3, 0.4) is 0 Å². The maximum absolute atomic E-state index is 12.2. The minimum Gasteiger partial charge on any atom is -0.353 e. The summed E-state index contributed by atoms with van der Waals surface area (Å²) in [6.07, 6.45) is 7.68. The number of carbonyl (C=O) groups excluding carboxylic acids is 1. The van der Waals surface area contributed by atoms with Crippen LogP contribution in [0.5, 0.6) is 0 Å². The van der Waals surface area contributed by atoms with Gasteiger partial charge in [0.1, 0.15) is 11.9 Å². The van der Waals surface area contributed by atoms with E-state index in [2.05, 4.69) is 62.6 Å². The Bertz CT molecular complexity index is 1660. The Morgan fingerprint density at radius 3 is 2.56 bits per heavy atom. The number of amides is 1. The molecular weight excluding hydrogens is 536 g/mol. The lowest BCUT2D eigenvalue weighted by molar-refractivity contribution is -0.750. The molecule has 9 heteroatoms. The molecule has 3 aliphatic heterocycles. The molecule has 2 fully saturated rings. The maximum atomic E-state index is 12.2. The van der Waals surface area contributed by atoms with Crippen molar-refractivity contribution in [3.8, 4) is 11.3 Å². The summed E-state index contributed by atoms with van der Waals surface area (Å²) in [6.45, 7) is 8.30. The van der Waals surface area contributed by atoms with Crippen LogP contribution in [0.15, 0.2) is 94.4 Å². The standard InChI is InChI=1S/C34H38N8O/c1-23(2)37-32(43)22-40-13-15-41(16-14-40)28-18-27(19-28)33-31-21-36-12-17-42(31,35)34(39-33)26-9-8-25-10-11-29(38-30(25)20-26)24-6-4-3-5-7-24/h3-12,17,20-21,23,27-28H,13-16,18-19,22,35H2,1-2H3/p+1. The van der Waals surface area contributed by atoms with Crippen LogP contribution < -0.4 is 11.2 Å². The van der Waals surface area contributed by atoms with Crippen molar-refractivity contribution in [2.24, 2.45) is 21.7 Å². The van der Waals surface area contributed by atoms with Gasteiger partial charge >= 0.3 is 0 Å². The molecule has 3 N–H and O–H groups in total. The second-order valence-electron chi connectivity index (χ2n) is 12.4. The lowest BCUT2D eigenvalue weighted by Gasteiger charge is -2.46. The number of nitrogens with one attached hydrogen (secondary N) is 1. The van der Waals surface area contributed by atoms with Gasteiger partial charge in [0.15, 0.2) is 0 Å². The van der Waals surface area contributed by atoms with E-state index in [0.717, 1.165) is 84.0 Å². The first-order chi connectivity index (χ1) is 20.9. The van der Waals surface area contributed by atoms with Crippen LogP contribution in [0.1, 0.15) is 32.3 Å². The van der Waals surface area contributed by atoms with E-state index in [4.69, 9.17) is 15.8 Å². The van der Waals surface area contributed by atoms with E-state index in [1.54, 1.807) is 6.20 Å². The number of nitrogens with zero attached hydrogens (tertiary/aromatic N) is 6. The first-order valence-electron chi connectivity index (χ1n) is 15.3. The topological polar surface area (TPSA) is 99.2 Å². The van der Waals surface area contributed by atoms with Crippen molar-refractivity contribution in [1.82, 2.24) is 20.1 Å². The molecular formula is C34H39N8O+. The predicted octanol–water partition coefficient (Wildman–Crippen LogP) is 4.04. The van der Waals surface area contributed by atoms with Gasteiger partial charge in [0.05, 0.1) is 35.7 Å². The second kappa shape index (κ2) is 11.2. The molecule has 4 aliphatic rings. The van der Waals surface area contributed by atoms with Crippen LogP contribution in [-0.2, 0) is 4.79 Å². The first-order valence-corrected chi connectivity index (χ1v) is 15.3. The molecule has 220 valence electrons. The van der Waals surface area contributed by atoms with Gasteiger partial charge in [-0.25, -0.2) is 4.98 Å². The van der Waals surface area contributed by atoms with Crippen molar-refractivity contribution in [3.63, 3.8) is 0 Å². The molecule has 0 bridgehead atoms. The summed E-state index contributed by atoms with van der Waals surface area (Å²) >= 11 is 0. The normalized spacial score (nSPS) is 25.6. The van der Waals surface area contributed by atoms with Crippen LogP contribution in [-0.4, -0.2) is 82.1 Å². The van der Waals surface area contributed by atoms with Crippen LogP contribution in [0, 0.1) is 5.92 Å². The lowest BCUT2D eigenvalue weighted by atomic mass is 9.76. The lowest BCUT2D eigenvalue weighted by Crippen LogP contribution is -2.56. The summed E-state index contributed by atoms with van der Waals surface area (Å²) < 4.78 is 0.0288. The number of piperazine rings is 1. The SMILES string of the molecule is CC(C)NC(=O)CN1CCN(C2CC(C3=C4C=NC=C[N+]4(N)C(c4ccc5ccc(-c6ccccc6)nc5c4)=N3)C2)CC1. The van der Waals surface area contributed by atoms with Gasteiger partial charge in [-0.05, 0) is 44.9 Å². The summed E-state index contributed by atoms with van der Waals surface area (Å²) in [5.74, 6) is 8.33. The van der Waals surface area contributed by atoms with Gasteiger partial charge in [0.25, 0.3) is 5.84 Å². The fourth-order valence-corrected chi connectivity index (χ4v) is 6.70. The van der Waals surface area contributed by atoms with Gasteiger partial charge in [0, 0.05) is 55.1 Å². The van der Waals surface area contributed by atoms with E-state index in [9.17, 15) is 4.79 Å². The Morgan fingerprint density at radius 2 is 1.79 bits per heavy atom. The highest BCUT2D eigenvalue weighted by Gasteiger charge is 2.49. The van der Waals surface area contributed by atoms with E-state index in [-0.39, 0.29) is 16.5 Å². The quantitative estimate of drug-likeness (QED) is 0.327. The maximum Gasteiger partial charge on any atom is 0.264 e. The molecule has 0 spiro atoms. The van der Waals surface area contributed by atoms with Crippen molar-refractivity contribution in [3.05, 3.63) is 90.0 Å². The van der Waals surface area contributed by atoms with Crippen molar-refractivity contribution < 1.29 is 9.39 Å². The number of quaternary nitrogens is 1. The summed E-state index contributed by atoms with van der Waals surface area (Å²) in [6, 6.07) is 21.5. The Hall–Kier alpha value is -4.02. The van der Waals surface area contributed by atoms with Gasteiger partial charge in [-0.2, -0.15) is 10.8 Å². The molecule has 3 aromatic rings. The third-order valence-electron chi connectivity index (χ3n) is 9.08. The number of hydrogen-bond acceptors (Lipinski definition) is 7. The minimum atomic E-state index is 0.0288. The number of hydrogen-bond donors (Lipinski definition) is 2. The summed E-state index contributed by atoms with van der Waals surface area (Å²) in [7, 11) is 0.